The predicted octanol–water partition coefficient (Wildman–Crippen LogP) is -2.20. The summed E-state index contributed by atoms with van der Waals surface area (Å²) in [5, 5.41) is 38.4. The summed E-state index contributed by atoms with van der Waals surface area (Å²) in [6.45, 7) is -0.402. The van der Waals surface area contributed by atoms with Gasteiger partial charge in [-0.2, -0.15) is 0 Å². The lowest BCUT2D eigenvalue weighted by Gasteiger charge is -2.39. The average molecular weight is 238 g/mol. The lowest BCUT2D eigenvalue weighted by molar-refractivity contribution is -0.297. The van der Waals surface area contributed by atoms with Gasteiger partial charge in [0.25, 0.3) is 0 Å². The van der Waals surface area contributed by atoms with Crippen LogP contribution in [0, 0.1) is 0 Å². The van der Waals surface area contributed by atoms with Crippen LogP contribution in [0.2, 0.25) is 0 Å². The molecule has 5 atom stereocenters. The molecule has 0 bridgehead atoms. The van der Waals surface area contributed by atoms with E-state index in [4.69, 9.17) is 14.6 Å². The maximum atomic E-state index is 9.46. The van der Waals surface area contributed by atoms with E-state index in [9.17, 15) is 15.3 Å². The van der Waals surface area contributed by atoms with E-state index in [-0.39, 0.29) is 6.61 Å². The highest BCUT2D eigenvalue weighted by molar-refractivity contribution is 7.79. The molecule has 0 aromatic rings. The second kappa shape index (κ2) is 5.80. The van der Waals surface area contributed by atoms with Crippen molar-refractivity contribution in [3.8, 4) is 0 Å². The number of rotatable bonds is 4. The van der Waals surface area contributed by atoms with E-state index in [0.29, 0.717) is 0 Å². The predicted molar refractivity (Wildman–Crippen MR) is 53.4 cm³/mol. The van der Waals surface area contributed by atoms with Crippen molar-refractivity contribution < 1.29 is 29.9 Å². The van der Waals surface area contributed by atoms with Crippen LogP contribution in [0.4, 0.5) is 0 Å². The Labute approximate surface area is 92.1 Å². The van der Waals surface area contributed by atoms with E-state index in [1.165, 1.54) is 5.37 Å². The topological polar surface area (TPSA) is 99.4 Å². The van der Waals surface area contributed by atoms with Crippen molar-refractivity contribution >= 4 is 17.6 Å². The standard InChI is InChI=1S/C8H14O6S/c9-3-4-5(10)6(11)7(12)8(14-4)13-1-2-15/h2,4-12H,1,3H2/t4-,5-,6+,7-,8?/m1/s1. The minimum absolute atomic E-state index is 0.0675. The summed E-state index contributed by atoms with van der Waals surface area (Å²) < 4.78 is 10.0. The number of thiocarbonyl (C=S) groups is 1. The molecule has 0 amide bonds. The van der Waals surface area contributed by atoms with Gasteiger partial charge in [0.05, 0.1) is 13.2 Å². The van der Waals surface area contributed by atoms with Gasteiger partial charge in [-0.1, -0.05) is 12.2 Å². The lowest BCUT2D eigenvalue weighted by atomic mass is 9.99. The summed E-state index contributed by atoms with van der Waals surface area (Å²) in [4.78, 5) is 0. The molecule has 7 heteroatoms. The van der Waals surface area contributed by atoms with Crippen molar-refractivity contribution in [2.75, 3.05) is 13.2 Å². The van der Waals surface area contributed by atoms with Gasteiger partial charge in [-0.15, -0.1) is 0 Å². The van der Waals surface area contributed by atoms with Crippen LogP contribution in [-0.4, -0.2) is 69.7 Å². The van der Waals surface area contributed by atoms with Crippen molar-refractivity contribution in [2.45, 2.75) is 30.7 Å². The molecule has 1 rings (SSSR count). The van der Waals surface area contributed by atoms with Crippen molar-refractivity contribution in [1.29, 1.82) is 0 Å². The smallest absolute Gasteiger partial charge is 0.187 e. The SMILES string of the molecule is OC[C@H]1OC(OCC=S)[C@H](O)[C@@H](O)[C@@H]1O. The summed E-state index contributed by atoms with van der Waals surface area (Å²) in [7, 11) is 0. The maximum absolute atomic E-state index is 9.46. The third-order valence-corrected chi connectivity index (χ3v) is 2.31. The van der Waals surface area contributed by atoms with Crippen molar-refractivity contribution in [2.24, 2.45) is 0 Å². The first-order chi connectivity index (χ1) is 7.11. The molecule has 0 radical (unpaired) electrons. The van der Waals surface area contributed by atoms with Gasteiger partial charge in [0.15, 0.2) is 6.29 Å². The molecule has 4 N–H and O–H groups in total. The molecule has 15 heavy (non-hydrogen) atoms. The van der Waals surface area contributed by atoms with Crippen LogP contribution in [0.15, 0.2) is 0 Å². The summed E-state index contributed by atoms with van der Waals surface area (Å²) in [6, 6.07) is 0. The second-order valence-electron chi connectivity index (χ2n) is 3.20. The van der Waals surface area contributed by atoms with Gasteiger partial charge >= 0.3 is 0 Å². The quantitative estimate of drug-likeness (QED) is 0.413. The van der Waals surface area contributed by atoms with Crippen molar-refractivity contribution in [3.63, 3.8) is 0 Å². The minimum Gasteiger partial charge on any atom is -0.394 e. The molecule has 1 heterocycles. The third kappa shape index (κ3) is 2.91. The molecule has 6 nitrogen and oxygen atoms in total. The number of aliphatic hydroxyl groups is 4. The van der Waals surface area contributed by atoms with Crippen LogP contribution in [0.25, 0.3) is 0 Å². The highest BCUT2D eigenvalue weighted by atomic mass is 32.1. The van der Waals surface area contributed by atoms with Crippen molar-refractivity contribution in [1.82, 2.24) is 0 Å². The summed E-state index contributed by atoms with van der Waals surface area (Å²) >= 11 is 4.52. The fraction of sp³-hybridized carbons (Fsp3) is 0.875. The Kier molecular flexibility index (Phi) is 5.00. The molecule has 0 aliphatic carbocycles. The van der Waals surface area contributed by atoms with Gasteiger partial charge in [-0.05, 0) is 0 Å². The zero-order valence-electron chi connectivity index (χ0n) is 7.89. The molecule has 1 saturated heterocycles. The number of ether oxygens (including phenoxy) is 2. The molecular formula is C8H14O6S. The normalized spacial score (nSPS) is 41.5. The second-order valence-corrected chi connectivity index (χ2v) is 3.53. The zero-order valence-corrected chi connectivity index (χ0v) is 8.71. The molecule has 1 fully saturated rings. The molecule has 1 aliphatic heterocycles. The third-order valence-electron chi connectivity index (χ3n) is 2.18. The molecule has 0 spiro atoms. The average Bonchev–Trinajstić information content (AvgIpc) is 2.25. The minimum atomic E-state index is -1.41. The highest BCUT2D eigenvalue weighted by Crippen LogP contribution is 2.21. The summed E-state index contributed by atoms with van der Waals surface area (Å²) in [6.07, 6.45) is -6.18. The Bertz CT molecular complexity index is 211. The van der Waals surface area contributed by atoms with E-state index in [2.05, 4.69) is 12.2 Å². The van der Waals surface area contributed by atoms with Gasteiger partial charge < -0.3 is 29.9 Å². The van der Waals surface area contributed by atoms with Crippen LogP contribution >= 0.6 is 12.2 Å². The Morgan fingerprint density at radius 2 is 1.87 bits per heavy atom. The van der Waals surface area contributed by atoms with Crippen LogP contribution in [0.5, 0.6) is 0 Å². The first kappa shape index (κ1) is 12.9. The van der Waals surface area contributed by atoms with Gasteiger partial charge in [0.1, 0.15) is 24.4 Å². The summed E-state index contributed by atoms with van der Waals surface area (Å²) in [5.74, 6) is 0. The van der Waals surface area contributed by atoms with E-state index >= 15 is 0 Å². The molecule has 0 aromatic heterocycles. The molecule has 0 aromatic carbocycles. The van der Waals surface area contributed by atoms with Crippen LogP contribution in [0.3, 0.4) is 0 Å². The van der Waals surface area contributed by atoms with E-state index in [1.54, 1.807) is 0 Å². The van der Waals surface area contributed by atoms with E-state index in [0.717, 1.165) is 0 Å². The molecule has 88 valence electrons. The number of aliphatic hydroxyl groups excluding tert-OH is 4. The molecule has 1 unspecified atom stereocenters. The Hall–Kier alpha value is -0.150. The first-order valence-corrected chi connectivity index (χ1v) is 4.94. The van der Waals surface area contributed by atoms with E-state index < -0.39 is 37.3 Å². The monoisotopic (exact) mass is 238 g/mol. The largest absolute Gasteiger partial charge is 0.394 e. The van der Waals surface area contributed by atoms with Crippen LogP contribution < -0.4 is 0 Å². The highest BCUT2D eigenvalue weighted by Gasteiger charge is 2.43. The molecule has 1 aliphatic rings. The Balaban J connectivity index is 2.60. The van der Waals surface area contributed by atoms with Crippen molar-refractivity contribution in [3.05, 3.63) is 0 Å². The molecule has 0 saturated carbocycles. The zero-order chi connectivity index (χ0) is 11.4. The number of hydrogen-bond donors (Lipinski definition) is 4. The van der Waals surface area contributed by atoms with Crippen LogP contribution in [0.1, 0.15) is 0 Å². The van der Waals surface area contributed by atoms with Crippen LogP contribution in [-0.2, 0) is 9.47 Å². The number of hydrogen-bond acceptors (Lipinski definition) is 7. The van der Waals surface area contributed by atoms with Gasteiger partial charge in [0.2, 0.25) is 0 Å². The fourth-order valence-corrected chi connectivity index (χ4v) is 1.42. The maximum Gasteiger partial charge on any atom is 0.187 e. The lowest BCUT2D eigenvalue weighted by Crippen LogP contribution is -2.59. The van der Waals surface area contributed by atoms with Gasteiger partial charge in [-0.25, -0.2) is 0 Å². The Morgan fingerprint density at radius 3 is 2.40 bits per heavy atom. The first-order valence-electron chi connectivity index (χ1n) is 4.47. The van der Waals surface area contributed by atoms with Gasteiger partial charge in [0, 0.05) is 5.37 Å². The molecular weight excluding hydrogens is 224 g/mol. The van der Waals surface area contributed by atoms with Gasteiger partial charge in [-0.3, -0.25) is 0 Å². The van der Waals surface area contributed by atoms with E-state index in [1.807, 2.05) is 0 Å². The Morgan fingerprint density at radius 1 is 1.20 bits per heavy atom. The summed E-state index contributed by atoms with van der Waals surface area (Å²) in [5.41, 5.74) is 0. The fourth-order valence-electron chi connectivity index (χ4n) is 1.34.